The molecule has 3 heterocycles. The zero-order valence-electron chi connectivity index (χ0n) is 28.6. The number of benzene rings is 1. The van der Waals surface area contributed by atoms with Gasteiger partial charge in [-0.25, -0.2) is 18.2 Å². The van der Waals surface area contributed by atoms with E-state index in [1.54, 1.807) is 45.9 Å². The van der Waals surface area contributed by atoms with Gasteiger partial charge in [0.05, 0.1) is 21.5 Å². The molecule has 0 radical (unpaired) electrons. The van der Waals surface area contributed by atoms with E-state index in [4.69, 9.17) is 21.1 Å². The van der Waals surface area contributed by atoms with E-state index in [-0.39, 0.29) is 19.4 Å². The molecule has 3 fully saturated rings. The van der Waals surface area contributed by atoms with Crippen LogP contribution in [0.15, 0.2) is 30.4 Å². The first kappa shape index (κ1) is 36.4. The third kappa shape index (κ3) is 7.89. The zero-order valence-corrected chi connectivity index (χ0v) is 31.0. The summed E-state index contributed by atoms with van der Waals surface area (Å²) >= 11 is 7.45. The van der Waals surface area contributed by atoms with Crippen molar-refractivity contribution >= 4 is 67.0 Å². The van der Waals surface area contributed by atoms with Crippen molar-refractivity contribution in [3.05, 3.63) is 35.4 Å². The standard InChI is InChI=1S/C34H44ClN5O8S2/c1-32(2,3)48-30(44)36-24-11-9-7-5-6-8-10-20-18-34(20,29(43)39-50(45,46)33(4)14-15-33)38-27(41)25-17-22(19-40(25)28(24)42)47-31-37-23-13-12-21(35)16-26(23)49-31/h8,10,12-13,16,20,22,24-25H,5-7,9,11,14-15,17-19H2,1-4H3,(H,36,44)(H,38,41)(H,39,43)/b10-8-/t20-,22-,24+,25+,34-/m1/s1. The first-order valence-corrected chi connectivity index (χ1v) is 19.7. The molecule has 1 aromatic carbocycles. The number of aromatic nitrogens is 1. The van der Waals surface area contributed by atoms with Crippen molar-refractivity contribution in [3.63, 3.8) is 0 Å². The van der Waals surface area contributed by atoms with E-state index in [0.717, 1.165) is 17.5 Å². The predicted molar refractivity (Wildman–Crippen MR) is 188 cm³/mol. The number of nitrogens with zero attached hydrogens (tertiary/aromatic N) is 2. The lowest BCUT2D eigenvalue weighted by molar-refractivity contribution is -0.141. The minimum Gasteiger partial charge on any atom is -0.465 e. The summed E-state index contributed by atoms with van der Waals surface area (Å²) in [5.74, 6) is -2.32. The van der Waals surface area contributed by atoms with E-state index in [2.05, 4.69) is 20.3 Å². The Morgan fingerprint density at radius 2 is 1.92 bits per heavy atom. The summed E-state index contributed by atoms with van der Waals surface area (Å²) in [4.78, 5) is 61.1. The molecule has 1 aromatic heterocycles. The van der Waals surface area contributed by atoms with E-state index >= 15 is 0 Å². The van der Waals surface area contributed by atoms with Gasteiger partial charge in [0.25, 0.3) is 11.1 Å². The lowest BCUT2D eigenvalue weighted by Crippen LogP contribution is -2.58. The summed E-state index contributed by atoms with van der Waals surface area (Å²) in [5.41, 5.74) is -1.61. The highest BCUT2D eigenvalue weighted by Crippen LogP contribution is 2.47. The fourth-order valence-corrected chi connectivity index (χ4v) is 8.94. The van der Waals surface area contributed by atoms with Crippen LogP contribution in [-0.2, 0) is 29.1 Å². The number of rotatable bonds is 6. The molecule has 16 heteroatoms. The number of nitrogens with one attached hydrogen (secondary N) is 3. The van der Waals surface area contributed by atoms with Gasteiger partial charge in [0.15, 0.2) is 0 Å². The van der Waals surface area contributed by atoms with E-state index in [1.165, 1.54) is 16.2 Å². The molecule has 50 heavy (non-hydrogen) atoms. The molecule has 0 spiro atoms. The third-order valence-electron chi connectivity index (χ3n) is 9.76. The number of alkyl carbamates (subject to hydrolysis) is 1. The van der Waals surface area contributed by atoms with E-state index in [9.17, 15) is 27.6 Å². The predicted octanol–water partition coefficient (Wildman–Crippen LogP) is 4.59. The van der Waals surface area contributed by atoms with Crippen LogP contribution >= 0.6 is 22.9 Å². The molecule has 1 saturated heterocycles. The second-order valence-corrected chi connectivity index (χ2v) is 18.6. The average Bonchev–Trinajstić information content (AvgIpc) is 3.83. The number of fused-ring (bicyclic) bond motifs is 3. The lowest BCUT2D eigenvalue weighted by Gasteiger charge is -2.30. The maximum Gasteiger partial charge on any atom is 0.408 e. The summed E-state index contributed by atoms with van der Waals surface area (Å²) in [6.45, 7) is 6.78. The molecule has 13 nitrogen and oxygen atoms in total. The van der Waals surface area contributed by atoms with E-state index in [0.29, 0.717) is 47.8 Å². The van der Waals surface area contributed by atoms with Crippen LogP contribution in [0.3, 0.4) is 0 Å². The molecule has 0 bridgehead atoms. The van der Waals surface area contributed by atoms with Crippen LogP contribution in [0.2, 0.25) is 5.02 Å². The Morgan fingerprint density at radius 3 is 2.64 bits per heavy atom. The summed E-state index contributed by atoms with van der Waals surface area (Å²) in [6.07, 6.45) is 6.79. The normalized spacial score (nSPS) is 29.0. The molecule has 0 unspecified atom stereocenters. The molecule has 4 aliphatic rings. The van der Waals surface area contributed by atoms with Crippen molar-refractivity contribution in [1.29, 1.82) is 0 Å². The van der Waals surface area contributed by atoms with Crippen molar-refractivity contribution in [2.75, 3.05) is 6.54 Å². The van der Waals surface area contributed by atoms with Crippen LogP contribution in [0.25, 0.3) is 10.2 Å². The summed E-state index contributed by atoms with van der Waals surface area (Å²) in [6, 6.07) is 3.21. The highest BCUT2D eigenvalue weighted by atomic mass is 35.5. The van der Waals surface area contributed by atoms with Gasteiger partial charge < -0.3 is 25.0 Å². The van der Waals surface area contributed by atoms with Gasteiger partial charge in [0, 0.05) is 17.4 Å². The van der Waals surface area contributed by atoms with Crippen molar-refractivity contribution in [1.82, 2.24) is 25.2 Å². The van der Waals surface area contributed by atoms with E-state index in [1.807, 2.05) is 12.2 Å². The Bertz CT molecular complexity index is 1820. The molecule has 3 N–H and O–H groups in total. The largest absolute Gasteiger partial charge is 0.465 e. The second-order valence-electron chi connectivity index (χ2n) is 15.0. The number of carbonyl (C=O) groups excluding carboxylic acids is 4. The highest BCUT2D eigenvalue weighted by Gasteiger charge is 2.63. The molecule has 5 atom stereocenters. The number of amides is 4. The van der Waals surface area contributed by atoms with Crippen LogP contribution in [0.4, 0.5) is 4.79 Å². The molecule has 2 aliphatic heterocycles. The number of ether oxygens (including phenoxy) is 2. The van der Waals surface area contributed by atoms with Crippen molar-refractivity contribution in [3.8, 4) is 5.19 Å². The molecule has 4 amide bonds. The first-order chi connectivity index (χ1) is 23.5. The fourth-order valence-electron chi connectivity index (χ4n) is 6.47. The SMILES string of the molecule is CC(C)(C)OC(=O)N[C@H]1CCCCC/C=C\[C@@H]2C[C@@]2(C(=O)NS(=O)(=O)C2(C)CC2)NC(=O)[C@@H]2C[C@@H](Oc3nc4ccc(Cl)cc4s3)CN2C1=O. The average molecular weight is 750 g/mol. The highest BCUT2D eigenvalue weighted by molar-refractivity contribution is 7.91. The number of carbonyl (C=O) groups is 4. The lowest BCUT2D eigenvalue weighted by atomic mass is 10.0. The number of hydrogen-bond acceptors (Lipinski definition) is 10. The molecule has 2 aromatic rings. The number of allylic oxidation sites excluding steroid dienone is 1. The van der Waals surface area contributed by atoms with Crippen LogP contribution in [0, 0.1) is 5.92 Å². The molecular weight excluding hydrogens is 706 g/mol. The van der Waals surface area contributed by atoms with Crippen LogP contribution in [0.1, 0.15) is 85.5 Å². The zero-order chi connectivity index (χ0) is 36.1. The van der Waals surface area contributed by atoms with Gasteiger partial charge in [-0.3, -0.25) is 19.1 Å². The molecule has 272 valence electrons. The van der Waals surface area contributed by atoms with Gasteiger partial charge in [-0.05, 0) is 84.4 Å². The molecule has 6 rings (SSSR count). The summed E-state index contributed by atoms with van der Waals surface area (Å²) in [7, 11) is -3.97. The first-order valence-electron chi connectivity index (χ1n) is 17.1. The number of thiazole rings is 1. The quantitative estimate of drug-likeness (QED) is 0.357. The van der Waals surface area contributed by atoms with Crippen LogP contribution in [0.5, 0.6) is 5.19 Å². The minimum absolute atomic E-state index is 0.00929. The van der Waals surface area contributed by atoms with Gasteiger partial charge in [0.1, 0.15) is 29.3 Å². The van der Waals surface area contributed by atoms with Crippen molar-refractivity contribution < 1.29 is 37.1 Å². The maximum atomic E-state index is 14.3. The van der Waals surface area contributed by atoms with Crippen LogP contribution in [-0.4, -0.2) is 82.7 Å². The van der Waals surface area contributed by atoms with Gasteiger partial charge in [-0.2, -0.15) is 0 Å². The monoisotopic (exact) mass is 749 g/mol. The third-order valence-corrected chi connectivity index (χ3v) is 13.1. The molecule has 2 saturated carbocycles. The number of sulfonamides is 1. The Hall–Kier alpha value is -3.43. The topological polar surface area (TPSA) is 173 Å². The summed E-state index contributed by atoms with van der Waals surface area (Å²) < 4.78 is 39.9. The van der Waals surface area contributed by atoms with Gasteiger partial charge in [-0.15, -0.1) is 0 Å². The van der Waals surface area contributed by atoms with Crippen LogP contribution < -0.4 is 20.1 Å². The van der Waals surface area contributed by atoms with Gasteiger partial charge in [0.2, 0.25) is 21.8 Å². The fraction of sp³-hybridized carbons (Fsp3) is 0.618. The van der Waals surface area contributed by atoms with Crippen molar-refractivity contribution in [2.45, 2.75) is 120 Å². The van der Waals surface area contributed by atoms with Crippen molar-refractivity contribution in [2.24, 2.45) is 5.92 Å². The Balaban J connectivity index is 1.29. The Labute approximate surface area is 300 Å². The molecule has 2 aliphatic carbocycles. The van der Waals surface area contributed by atoms with Gasteiger partial charge in [-0.1, -0.05) is 47.9 Å². The maximum absolute atomic E-state index is 14.3. The smallest absolute Gasteiger partial charge is 0.408 e. The number of hydrogen-bond donors (Lipinski definition) is 3. The minimum atomic E-state index is -3.97. The van der Waals surface area contributed by atoms with E-state index < -0.39 is 73.8 Å². The van der Waals surface area contributed by atoms with Gasteiger partial charge >= 0.3 is 6.09 Å². The molecular formula is C34H44ClN5O8S2. The Morgan fingerprint density at radius 1 is 1.16 bits per heavy atom. The summed E-state index contributed by atoms with van der Waals surface area (Å²) in [5, 5.41) is 6.49. The second kappa shape index (κ2) is 13.6. The number of halogens is 1. The Kier molecular flexibility index (Phi) is 9.89.